The van der Waals surface area contributed by atoms with Crippen LogP contribution in [0.25, 0.3) is 0 Å². The van der Waals surface area contributed by atoms with Crippen molar-refractivity contribution in [2.45, 2.75) is 5.38 Å². The first-order chi connectivity index (χ1) is 6.69. The highest BCUT2D eigenvalue weighted by atomic mass is 35.5. The fourth-order valence-electron chi connectivity index (χ4n) is 0.902. The molecule has 0 spiro atoms. The Balaban J connectivity index is 2.81. The molecule has 1 heterocycles. The molecule has 0 aliphatic carbocycles. The first-order valence-corrected chi connectivity index (χ1v) is 4.34. The van der Waals surface area contributed by atoms with E-state index in [4.69, 9.17) is 16.3 Å². The Hall–Kier alpha value is -1.29. The average molecular weight is 216 g/mol. The molecule has 14 heavy (non-hydrogen) atoms. The van der Waals surface area contributed by atoms with Gasteiger partial charge in [-0.1, -0.05) is 6.07 Å². The predicted octanol–water partition coefficient (Wildman–Crippen LogP) is 1.54. The Morgan fingerprint density at radius 1 is 1.50 bits per heavy atom. The van der Waals surface area contributed by atoms with E-state index in [1.807, 2.05) is 0 Å². The lowest BCUT2D eigenvalue weighted by Crippen LogP contribution is -2.08. The lowest BCUT2D eigenvalue weighted by molar-refractivity contribution is -0.140. The molecule has 0 aliphatic heterocycles. The Bertz CT molecular complexity index is 312. The summed E-state index contributed by atoms with van der Waals surface area (Å²) in [6.45, 7) is 0. The number of methoxy groups -OCH3 is 2. The maximum atomic E-state index is 11.1. The number of pyridine rings is 1. The fraction of sp³-hybridized carbons (Fsp3) is 0.333. The number of carbonyl (C=O) groups excluding carboxylic acids is 1. The summed E-state index contributed by atoms with van der Waals surface area (Å²) in [6.07, 6.45) is 1.48. The molecule has 0 fully saturated rings. The standard InChI is InChI=1S/C9H10ClNO3/c1-13-7-4-3-6(5-11-7)8(10)9(12)14-2/h3-5,8H,1-2H3. The summed E-state index contributed by atoms with van der Waals surface area (Å²) in [6, 6.07) is 3.30. The van der Waals surface area contributed by atoms with Gasteiger partial charge in [0.15, 0.2) is 5.38 Å². The van der Waals surface area contributed by atoms with E-state index in [-0.39, 0.29) is 0 Å². The molecule has 1 atom stereocenters. The van der Waals surface area contributed by atoms with Gasteiger partial charge in [-0.2, -0.15) is 0 Å². The molecule has 76 valence electrons. The van der Waals surface area contributed by atoms with Crippen LogP contribution in [0.4, 0.5) is 0 Å². The summed E-state index contributed by atoms with van der Waals surface area (Å²) < 4.78 is 9.36. The summed E-state index contributed by atoms with van der Waals surface area (Å²) >= 11 is 5.80. The number of alkyl halides is 1. The quantitative estimate of drug-likeness (QED) is 0.567. The fourth-order valence-corrected chi connectivity index (χ4v) is 1.12. The van der Waals surface area contributed by atoms with E-state index in [1.54, 1.807) is 12.1 Å². The van der Waals surface area contributed by atoms with Crippen molar-refractivity contribution in [2.75, 3.05) is 14.2 Å². The molecule has 1 aromatic rings. The van der Waals surface area contributed by atoms with E-state index >= 15 is 0 Å². The summed E-state index contributed by atoms with van der Waals surface area (Å²) in [7, 11) is 2.80. The van der Waals surface area contributed by atoms with Gasteiger partial charge in [0.2, 0.25) is 5.88 Å². The highest BCUT2D eigenvalue weighted by Crippen LogP contribution is 2.22. The highest BCUT2D eigenvalue weighted by molar-refractivity contribution is 6.29. The van der Waals surface area contributed by atoms with Gasteiger partial charge >= 0.3 is 5.97 Å². The molecule has 0 saturated heterocycles. The molecule has 0 N–H and O–H groups in total. The number of rotatable bonds is 3. The molecule has 1 unspecified atom stereocenters. The van der Waals surface area contributed by atoms with Crippen LogP contribution in [0.3, 0.4) is 0 Å². The number of nitrogens with zero attached hydrogens (tertiary/aromatic N) is 1. The van der Waals surface area contributed by atoms with Gasteiger partial charge in [0.1, 0.15) is 0 Å². The second kappa shape index (κ2) is 4.81. The van der Waals surface area contributed by atoms with E-state index in [2.05, 4.69) is 9.72 Å². The molecule has 1 aromatic heterocycles. The van der Waals surface area contributed by atoms with Crippen molar-refractivity contribution >= 4 is 17.6 Å². The zero-order valence-electron chi connectivity index (χ0n) is 7.86. The monoisotopic (exact) mass is 215 g/mol. The molecular formula is C9H10ClNO3. The number of ether oxygens (including phenoxy) is 2. The van der Waals surface area contributed by atoms with Crippen molar-refractivity contribution in [3.8, 4) is 5.88 Å². The van der Waals surface area contributed by atoms with Gasteiger partial charge in [0, 0.05) is 12.3 Å². The van der Waals surface area contributed by atoms with Crippen LogP contribution in [-0.2, 0) is 9.53 Å². The molecule has 0 aromatic carbocycles. The molecule has 5 heteroatoms. The largest absolute Gasteiger partial charge is 0.481 e. The Labute approximate surface area is 86.8 Å². The number of carbonyl (C=O) groups is 1. The molecule has 0 aliphatic rings. The van der Waals surface area contributed by atoms with Crippen molar-refractivity contribution in [1.29, 1.82) is 0 Å². The predicted molar refractivity (Wildman–Crippen MR) is 51.4 cm³/mol. The van der Waals surface area contributed by atoms with E-state index in [9.17, 15) is 4.79 Å². The van der Waals surface area contributed by atoms with Crippen LogP contribution in [0.2, 0.25) is 0 Å². The molecular weight excluding hydrogens is 206 g/mol. The highest BCUT2D eigenvalue weighted by Gasteiger charge is 2.18. The molecule has 0 amide bonds. The lowest BCUT2D eigenvalue weighted by atomic mass is 10.2. The SMILES string of the molecule is COC(=O)C(Cl)c1ccc(OC)nc1. The topological polar surface area (TPSA) is 48.4 Å². The van der Waals surface area contributed by atoms with E-state index < -0.39 is 11.3 Å². The molecule has 0 radical (unpaired) electrons. The maximum absolute atomic E-state index is 11.1. The third-order valence-corrected chi connectivity index (χ3v) is 2.10. The number of esters is 1. The van der Waals surface area contributed by atoms with Gasteiger partial charge in [-0.05, 0) is 5.56 Å². The van der Waals surface area contributed by atoms with Gasteiger partial charge < -0.3 is 9.47 Å². The third-order valence-electron chi connectivity index (χ3n) is 1.67. The van der Waals surface area contributed by atoms with Crippen LogP contribution in [0.1, 0.15) is 10.9 Å². The minimum absolute atomic E-state index is 0.475. The van der Waals surface area contributed by atoms with Crippen LogP contribution in [0.15, 0.2) is 18.3 Å². The van der Waals surface area contributed by atoms with E-state index in [1.165, 1.54) is 20.4 Å². The number of halogens is 1. The van der Waals surface area contributed by atoms with Crippen molar-refractivity contribution < 1.29 is 14.3 Å². The minimum Gasteiger partial charge on any atom is -0.481 e. The lowest BCUT2D eigenvalue weighted by Gasteiger charge is -2.07. The zero-order valence-corrected chi connectivity index (χ0v) is 8.62. The Morgan fingerprint density at radius 3 is 2.64 bits per heavy atom. The van der Waals surface area contributed by atoms with Crippen LogP contribution in [0.5, 0.6) is 5.88 Å². The van der Waals surface area contributed by atoms with Gasteiger partial charge in [-0.25, -0.2) is 4.98 Å². The van der Waals surface area contributed by atoms with Crippen LogP contribution >= 0.6 is 11.6 Å². The van der Waals surface area contributed by atoms with Gasteiger partial charge in [0.25, 0.3) is 0 Å². The maximum Gasteiger partial charge on any atom is 0.328 e. The van der Waals surface area contributed by atoms with Crippen LogP contribution in [-0.4, -0.2) is 25.2 Å². The number of hydrogen-bond acceptors (Lipinski definition) is 4. The Morgan fingerprint density at radius 2 is 2.21 bits per heavy atom. The average Bonchev–Trinajstić information content (AvgIpc) is 2.27. The summed E-state index contributed by atoms with van der Waals surface area (Å²) in [5.41, 5.74) is 0.583. The van der Waals surface area contributed by atoms with Gasteiger partial charge in [-0.15, -0.1) is 11.6 Å². The van der Waals surface area contributed by atoms with Crippen molar-refractivity contribution in [3.63, 3.8) is 0 Å². The van der Waals surface area contributed by atoms with E-state index in [0.29, 0.717) is 11.4 Å². The molecule has 0 bridgehead atoms. The molecule has 1 rings (SSSR count). The van der Waals surface area contributed by atoms with Crippen molar-refractivity contribution in [1.82, 2.24) is 4.98 Å². The summed E-state index contributed by atoms with van der Waals surface area (Å²) in [5, 5.41) is -0.821. The van der Waals surface area contributed by atoms with Gasteiger partial charge in [0.05, 0.1) is 14.2 Å². The molecule has 4 nitrogen and oxygen atoms in total. The van der Waals surface area contributed by atoms with Crippen LogP contribution < -0.4 is 4.74 Å². The second-order valence-corrected chi connectivity index (χ2v) is 2.96. The second-order valence-electron chi connectivity index (χ2n) is 2.52. The van der Waals surface area contributed by atoms with Crippen molar-refractivity contribution in [2.24, 2.45) is 0 Å². The van der Waals surface area contributed by atoms with E-state index in [0.717, 1.165) is 0 Å². The summed E-state index contributed by atoms with van der Waals surface area (Å²) in [5.74, 6) is -0.0267. The van der Waals surface area contributed by atoms with Crippen molar-refractivity contribution in [3.05, 3.63) is 23.9 Å². The smallest absolute Gasteiger partial charge is 0.328 e. The molecule has 0 saturated carbocycles. The third kappa shape index (κ3) is 2.35. The number of hydrogen-bond donors (Lipinski definition) is 0. The first-order valence-electron chi connectivity index (χ1n) is 3.91. The zero-order chi connectivity index (χ0) is 10.6. The normalized spacial score (nSPS) is 11.9. The van der Waals surface area contributed by atoms with Crippen LogP contribution in [0, 0.1) is 0 Å². The summed E-state index contributed by atoms with van der Waals surface area (Å²) in [4.78, 5) is 15.0. The minimum atomic E-state index is -0.821. The van der Waals surface area contributed by atoms with Gasteiger partial charge in [-0.3, -0.25) is 4.79 Å². The number of aromatic nitrogens is 1. The first kappa shape index (κ1) is 10.8. The Kier molecular flexibility index (Phi) is 3.71.